The van der Waals surface area contributed by atoms with Gasteiger partial charge >= 0.3 is 0 Å². The first kappa shape index (κ1) is 24.7. The first-order valence-electron chi connectivity index (χ1n) is 11.5. The molecule has 7 nitrogen and oxygen atoms in total. The van der Waals surface area contributed by atoms with Crippen LogP contribution in [0.15, 0.2) is 36.4 Å². The van der Waals surface area contributed by atoms with Crippen molar-refractivity contribution in [3.63, 3.8) is 0 Å². The zero-order chi connectivity index (χ0) is 23.8. The van der Waals surface area contributed by atoms with Crippen LogP contribution >= 0.6 is 0 Å². The predicted octanol–water partition coefficient (Wildman–Crippen LogP) is 4.52. The standard InChI is InChI=1S/C26H36N2O5/c1-6-7-26(29)28(21-9-11-23(31-3)25(16-21)33-5)20-12-14-27(15-13-20)18-19-8-10-22(30-2)17-24(19)32-4/h8-11,16-17,20H,6-7,12-15,18H2,1-5H3. The van der Waals surface area contributed by atoms with Gasteiger partial charge in [0.15, 0.2) is 11.5 Å². The minimum atomic E-state index is 0.149. The van der Waals surface area contributed by atoms with Gasteiger partial charge in [0.25, 0.3) is 0 Å². The molecule has 2 aromatic rings. The van der Waals surface area contributed by atoms with Gasteiger partial charge in [-0.3, -0.25) is 9.69 Å². The fourth-order valence-electron chi connectivity index (χ4n) is 4.43. The van der Waals surface area contributed by atoms with E-state index in [0.29, 0.717) is 17.9 Å². The number of benzene rings is 2. The van der Waals surface area contributed by atoms with E-state index in [9.17, 15) is 4.79 Å². The Hall–Kier alpha value is -2.93. The molecular weight excluding hydrogens is 420 g/mol. The maximum absolute atomic E-state index is 13.1. The van der Waals surface area contributed by atoms with Gasteiger partial charge in [0.1, 0.15) is 11.5 Å². The second-order valence-corrected chi connectivity index (χ2v) is 8.24. The molecule has 1 heterocycles. The van der Waals surface area contributed by atoms with Gasteiger partial charge in [-0.2, -0.15) is 0 Å². The summed E-state index contributed by atoms with van der Waals surface area (Å²) < 4.78 is 21.7. The molecule has 0 atom stereocenters. The Bertz CT molecular complexity index is 925. The van der Waals surface area contributed by atoms with Crippen LogP contribution in [0.2, 0.25) is 0 Å². The van der Waals surface area contributed by atoms with Crippen molar-refractivity contribution in [2.24, 2.45) is 0 Å². The fraction of sp³-hybridized carbons (Fsp3) is 0.500. The van der Waals surface area contributed by atoms with Gasteiger partial charge in [0, 0.05) is 55.5 Å². The molecule has 0 saturated carbocycles. The summed E-state index contributed by atoms with van der Waals surface area (Å²) in [6.07, 6.45) is 3.15. The summed E-state index contributed by atoms with van der Waals surface area (Å²) in [5.41, 5.74) is 2.00. The van der Waals surface area contributed by atoms with Crippen LogP contribution in [0, 0.1) is 0 Å². The third-order valence-electron chi connectivity index (χ3n) is 6.19. The average molecular weight is 457 g/mol. The number of amides is 1. The number of nitrogens with zero attached hydrogens (tertiary/aromatic N) is 2. The van der Waals surface area contributed by atoms with Gasteiger partial charge in [-0.1, -0.05) is 13.0 Å². The number of carbonyl (C=O) groups excluding carboxylic acids is 1. The van der Waals surface area contributed by atoms with E-state index < -0.39 is 0 Å². The third kappa shape index (κ3) is 5.90. The molecule has 0 aliphatic carbocycles. The van der Waals surface area contributed by atoms with Gasteiger partial charge in [-0.15, -0.1) is 0 Å². The summed E-state index contributed by atoms with van der Waals surface area (Å²) >= 11 is 0. The Morgan fingerprint density at radius 2 is 1.61 bits per heavy atom. The van der Waals surface area contributed by atoms with Gasteiger partial charge in [0.05, 0.1) is 28.4 Å². The first-order chi connectivity index (χ1) is 16.0. The van der Waals surface area contributed by atoms with Crippen LogP contribution in [-0.2, 0) is 11.3 Å². The maximum Gasteiger partial charge on any atom is 0.227 e. The van der Waals surface area contributed by atoms with E-state index in [1.54, 1.807) is 28.4 Å². The fourth-order valence-corrected chi connectivity index (χ4v) is 4.43. The number of likely N-dealkylation sites (tertiary alicyclic amines) is 1. The van der Waals surface area contributed by atoms with E-state index in [4.69, 9.17) is 18.9 Å². The molecule has 0 spiro atoms. The number of methoxy groups -OCH3 is 4. The number of hydrogen-bond donors (Lipinski definition) is 0. The molecule has 2 aromatic carbocycles. The highest BCUT2D eigenvalue weighted by Gasteiger charge is 2.29. The Labute approximate surface area is 197 Å². The van der Waals surface area contributed by atoms with Crippen LogP contribution in [0.5, 0.6) is 23.0 Å². The van der Waals surface area contributed by atoms with Crippen molar-refractivity contribution in [2.75, 3.05) is 46.4 Å². The van der Waals surface area contributed by atoms with Crippen molar-refractivity contribution in [3.05, 3.63) is 42.0 Å². The molecule has 1 amide bonds. The molecule has 0 radical (unpaired) electrons. The van der Waals surface area contributed by atoms with Crippen molar-refractivity contribution < 1.29 is 23.7 Å². The zero-order valence-corrected chi connectivity index (χ0v) is 20.4. The maximum atomic E-state index is 13.1. The van der Waals surface area contributed by atoms with Crippen molar-refractivity contribution in [2.45, 2.75) is 45.2 Å². The molecule has 180 valence electrons. The smallest absolute Gasteiger partial charge is 0.227 e. The Morgan fingerprint density at radius 3 is 2.21 bits per heavy atom. The lowest BCUT2D eigenvalue weighted by Crippen LogP contribution is -2.47. The van der Waals surface area contributed by atoms with Crippen molar-refractivity contribution in [3.8, 4) is 23.0 Å². The largest absolute Gasteiger partial charge is 0.497 e. The molecule has 1 fully saturated rings. The average Bonchev–Trinajstić information content (AvgIpc) is 2.85. The SMILES string of the molecule is CCCC(=O)N(c1ccc(OC)c(OC)c1)C1CCN(Cc2ccc(OC)cc2OC)CC1. The number of anilines is 1. The highest BCUT2D eigenvalue weighted by molar-refractivity contribution is 5.94. The number of piperidine rings is 1. The first-order valence-corrected chi connectivity index (χ1v) is 11.5. The summed E-state index contributed by atoms with van der Waals surface area (Å²) in [4.78, 5) is 17.5. The van der Waals surface area contributed by atoms with E-state index in [1.807, 2.05) is 42.2 Å². The van der Waals surface area contributed by atoms with Crippen LogP contribution in [-0.4, -0.2) is 58.4 Å². The molecule has 3 rings (SSSR count). The molecule has 0 N–H and O–H groups in total. The van der Waals surface area contributed by atoms with Crippen molar-refractivity contribution >= 4 is 11.6 Å². The van der Waals surface area contributed by atoms with E-state index in [-0.39, 0.29) is 11.9 Å². The topological polar surface area (TPSA) is 60.5 Å². The van der Waals surface area contributed by atoms with E-state index in [1.165, 1.54) is 0 Å². The number of ether oxygens (including phenoxy) is 4. The Balaban J connectivity index is 1.73. The molecule has 33 heavy (non-hydrogen) atoms. The lowest BCUT2D eigenvalue weighted by Gasteiger charge is -2.39. The summed E-state index contributed by atoms with van der Waals surface area (Å²) in [6.45, 7) is 4.65. The van der Waals surface area contributed by atoms with Crippen molar-refractivity contribution in [1.82, 2.24) is 4.90 Å². The van der Waals surface area contributed by atoms with Gasteiger partial charge < -0.3 is 23.8 Å². The molecule has 1 aliphatic heterocycles. The lowest BCUT2D eigenvalue weighted by atomic mass is 10.0. The summed E-state index contributed by atoms with van der Waals surface area (Å²) in [5, 5.41) is 0. The van der Waals surface area contributed by atoms with E-state index in [2.05, 4.69) is 11.0 Å². The highest BCUT2D eigenvalue weighted by atomic mass is 16.5. The van der Waals surface area contributed by atoms with E-state index in [0.717, 1.165) is 61.6 Å². The summed E-state index contributed by atoms with van der Waals surface area (Å²) in [5.74, 6) is 3.07. The van der Waals surface area contributed by atoms with Gasteiger partial charge in [-0.05, 0) is 37.5 Å². The van der Waals surface area contributed by atoms with Crippen LogP contribution in [0.25, 0.3) is 0 Å². The molecule has 1 saturated heterocycles. The zero-order valence-electron chi connectivity index (χ0n) is 20.4. The number of rotatable bonds is 10. The van der Waals surface area contributed by atoms with Crippen LogP contribution in [0.4, 0.5) is 5.69 Å². The van der Waals surface area contributed by atoms with Crippen LogP contribution in [0.3, 0.4) is 0 Å². The van der Waals surface area contributed by atoms with Crippen LogP contribution < -0.4 is 23.8 Å². The quantitative estimate of drug-likeness (QED) is 0.524. The molecule has 1 aliphatic rings. The van der Waals surface area contributed by atoms with Crippen molar-refractivity contribution in [1.29, 1.82) is 0 Å². The highest BCUT2D eigenvalue weighted by Crippen LogP contribution is 2.34. The van der Waals surface area contributed by atoms with Gasteiger partial charge in [0.2, 0.25) is 5.91 Å². The molecular formula is C26H36N2O5. The van der Waals surface area contributed by atoms with E-state index >= 15 is 0 Å². The Kier molecular flexibility index (Phi) is 8.83. The molecule has 0 bridgehead atoms. The lowest BCUT2D eigenvalue weighted by molar-refractivity contribution is -0.119. The van der Waals surface area contributed by atoms with Crippen LogP contribution in [0.1, 0.15) is 38.2 Å². The predicted molar refractivity (Wildman–Crippen MR) is 130 cm³/mol. The summed E-state index contributed by atoms with van der Waals surface area (Å²) in [7, 11) is 6.57. The Morgan fingerprint density at radius 1 is 0.909 bits per heavy atom. The number of hydrogen-bond acceptors (Lipinski definition) is 6. The molecule has 0 unspecified atom stereocenters. The number of carbonyl (C=O) groups is 1. The molecule has 0 aromatic heterocycles. The minimum Gasteiger partial charge on any atom is -0.497 e. The summed E-state index contributed by atoms with van der Waals surface area (Å²) in [6, 6.07) is 11.8. The normalized spacial score (nSPS) is 14.6. The minimum absolute atomic E-state index is 0.149. The second kappa shape index (κ2) is 11.8. The van der Waals surface area contributed by atoms with Gasteiger partial charge in [-0.25, -0.2) is 0 Å². The second-order valence-electron chi connectivity index (χ2n) is 8.24. The third-order valence-corrected chi connectivity index (χ3v) is 6.19. The monoisotopic (exact) mass is 456 g/mol. The molecule has 7 heteroatoms.